The summed E-state index contributed by atoms with van der Waals surface area (Å²) in [5.41, 5.74) is 0. The molecule has 1 unspecified atom stereocenters. The fraction of sp³-hybridized carbons (Fsp3) is 0. The smallest absolute Gasteiger partial charge is 0.134 e. The van der Waals surface area contributed by atoms with Gasteiger partial charge in [-0.15, -0.1) is 22.7 Å². The lowest BCUT2D eigenvalue weighted by atomic mass is 10.5. The van der Waals surface area contributed by atoms with E-state index in [0.717, 1.165) is 9.40 Å². The molecule has 0 fully saturated rings. The number of nitrogens with two attached hydrogens (primary N) is 1. The summed E-state index contributed by atoms with van der Waals surface area (Å²) in [6.45, 7) is 0. The Hall–Kier alpha value is -0.430. The normalized spacial score (nSPS) is 16.4. The largest absolute Gasteiger partial charge is 0.241 e. The first-order valence-corrected chi connectivity index (χ1v) is 6.48. The van der Waals surface area contributed by atoms with E-state index in [1.54, 1.807) is 5.38 Å². The minimum atomic E-state index is -3.04. The summed E-state index contributed by atoms with van der Waals surface area (Å²) < 4.78 is 20.4. The first kappa shape index (κ1) is 8.18. The molecule has 3 nitrogen and oxygen atoms in total. The van der Waals surface area contributed by atoms with E-state index in [9.17, 15) is 4.21 Å². The molecule has 0 saturated heterocycles. The van der Waals surface area contributed by atoms with Crippen LogP contribution in [0.4, 0.5) is 0 Å². The van der Waals surface area contributed by atoms with Crippen LogP contribution in [0.2, 0.25) is 0 Å². The number of hydrogen-bond donors (Lipinski definition) is 2. The zero-order valence-corrected chi connectivity index (χ0v) is 8.39. The number of hydrogen-bond acceptors (Lipinski definition) is 4. The third-order valence-electron chi connectivity index (χ3n) is 1.47. The van der Waals surface area contributed by atoms with Crippen molar-refractivity contribution >= 4 is 42.0 Å². The SMILES string of the molecule is N=S(N)(=O)c1csc2ccsc12. The van der Waals surface area contributed by atoms with E-state index in [0.29, 0.717) is 4.90 Å². The second-order valence-electron chi connectivity index (χ2n) is 2.31. The van der Waals surface area contributed by atoms with Crippen molar-refractivity contribution in [1.29, 1.82) is 4.78 Å². The van der Waals surface area contributed by atoms with E-state index < -0.39 is 9.92 Å². The number of nitrogens with one attached hydrogen (secondary N) is 1. The summed E-state index contributed by atoms with van der Waals surface area (Å²) in [4.78, 5) is 0.470. The molecule has 1 atom stereocenters. The number of thiophene rings is 2. The lowest BCUT2D eigenvalue weighted by Crippen LogP contribution is -2.08. The highest BCUT2D eigenvalue weighted by Gasteiger charge is 2.11. The molecule has 3 N–H and O–H groups in total. The molecule has 0 aliphatic heterocycles. The van der Waals surface area contributed by atoms with Crippen LogP contribution in [0, 0.1) is 4.78 Å². The van der Waals surface area contributed by atoms with Crippen molar-refractivity contribution in [2.24, 2.45) is 5.14 Å². The summed E-state index contributed by atoms with van der Waals surface area (Å²) in [6, 6.07) is 1.94. The third-order valence-corrected chi connectivity index (χ3v) is 4.75. The highest BCUT2D eigenvalue weighted by atomic mass is 32.2. The molecule has 2 aromatic rings. The summed E-state index contributed by atoms with van der Waals surface area (Å²) in [5.74, 6) is 0. The first-order chi connectivity index (χ1) is 5.59. The Balaban J connectivity index is 2.87. The molecule has 2 rings (SSSR count). The van der Waals surface area contributed by atoms with Crippen molar-refractivity contribution < 1.29 is 4.21 Å². The second-order valence-corrected chi connectivity index (χ2v) is 5.78. The molecular weight excluding hydrogens is 212 g/mol. The van der Waals surface area contributed by atoms with Crippen molar-refractivity contribution in [1.82, 2.24) is 0 Å². The van der Waals surface area contributed by atoms with Crippen molar-refractivity contribution in [2.75, 3.05) is 0 Å². The molecule has 0 aliphatic carbocycles. The van der Waals surface area contributed by atoms with Gasteiger partial charge in [0.05, 0.1) is 9.60 Å². The van der Waals surface area contributed by atoms with E-state index in [1.165, 1.54) is 22.7 Å². The van der Waals surface area contributed by atoms with Gasteiger partial charge in [-0.2, -0.15) is 0 Å². The van der Waals surface area contributed by atoms with Crippen molar-refractivity contribution in [3.8, 4) is 0 Å². The predicted molar refractivity (Wildman–Crippen MR) is 53.0 cm³/mol. The summed E-state index contributed by atoms with van der Waals surface area (Å²) in [7, 11) is -3.04. The van der Waals surface area contributed by atoms with Gasteiger partial charge in [-0.25, -0.2) is 14.1 Å². The average Bonchev–Trinajstić information content (AvgIpc) is 2.37. The third kappa shape index (κ3) is 1.16. The molecular formula is C6H6N2OS3. The molecule has 12 heavy (non-hydrogen) atoms. The second kappa shape index (κ2) is 2.53. The van der Waals surface area contributed by atoms with Crippen molar-refractivity contribution in [3.63, 3.8) is 0 Å². The Morgan fingerprint density at radius 1 is 1.50 bits per heavy atom. The minimum Gasteiger partial charge on any atom is -0.241 e. The van der Waals surface area contributed by atoms with Gasteiger partial charge in [0.25, 0.3) is 0 Å². The fourth-order valence-electron chi connectivity index (χ4n) is 0.950. The minimum absolute atomic E-state index is 0.470. The van der Waals surface area contributed by atoms with Crippen LogP contribution in [-0.4, -0.2) is 4.21 Å². The van der Waals surface area contributed by atoms with Crippen LogP contribution in [0.5, 0.6) is 0 Å². The molecule has 0 amide bonds. The Morgan fingerprint density at radius 3 is 2.92 bits per heavy atom. The molecule has 2 aromatic heterocycles. The Kier molecular flexibility index (Phi) is 1.72. The fourth-order valence-corrected chi connectivity index (χ4v) is 4.50. The first-order valence-electron chi connectivity index (χ1n) is 3.10. The molecule has 64 valence electrons. The Bertz CT molecular complexity index is 508. The topological polar surface area (TPSA) is 66.9 Å². The van der Waals surface area contributed by atoms with Gasteiger partial charge >= 0.3 is 0 Å². The molecule has 0 radical (unpaired) electrons. The molecule has 0 saturated carbocycles. The van der Waals surface area contributed by atoms with E-state index in [4.69, 9.17) is 9.92 Å². The van der Waals surface area contributed by atoms with Gasteiger partial charge in [0.1, 0.15) is 9.92 Å². The van der Waals surface area contributed by atoms with Crippen LogP contribution >= 0.6 is 22.7 Å². The summed E-state index contributed by atoms with van der Waals surface area (Å²) >= 11 is 2.96. The van der Waals surface area contributed by atoms with Gasteiger partial charge in [0.2, 0.25) is 0 Å². The Labute approximate surface area is 77.9 Å². The molecule has 0 aliphatic rings. The van der Waals surface area contributed by atoms with Gasteiger partial charge < -0.3 is 0 Å². The van der Waals surface area contributed by atoms with Crippen molar-refractivity contribution in [2.45, 2.75) is 4.90 Å². The van der Waals surface area contributed by atoms with Crippen LogP contribution in [0.25, 0.3) is 9.40 Å². The van der Waals surface area contributed by atoms with E-state index in [2.05, 4.69) is 0 Å². The standard InChI is InChI=1S/C6H6N2OS3/c7-12(8,9)5-3-11-4-1-2-10-6(4)5/h1-3H,(H3,7,8,9). The van der Waals surface area contributed by atoms with Gasteiger partial charge in [0, 0.05) is 10.1 Å². The maximum atomic E-state index is 11.2. The van der Waals surface area contributed by atoms with E-state index >= 15 is 0 Å². The monoisotopic (exact) mass is 218 g/mol. The van der Waals surface area contributed by atoms with E-state index in [-0.39, 0.29) is 0 Å². The maximum absolute atomic E-state index is 11.2. The maximum Gasteiger partial charge on any atom is 0.134 e. The van der Waals surface area contributed by atoms with Gasteiger partial charge in [-0.1, -0.05) is 0 Å². The highest BCUT2D eigenvalue weighted by molar-refractivity contribution is 7.90. The molecule has 6 heteroatoms. The van der Waals surface area contributed by atoms with Gasteiger partial charge in [-0.3, -0.25) is 0 Å². The number of fused-ring (bicyclic) bond motifs is 1. The summed E-state index contributed by atoms with van der Waals surface area (Å²) in [6.07, 6.45) is 0. The van der Waals surface area contributed by atoms with Crippen LogP contribution in [0.1, 0.15) is 0 Å². The average molecular weight is 218 g/mol. The van der Waals surface area contributed by atoms with Crippen LogP contribution < -0.4 is 5.14 Å². The van der Waals surface area contributed by atoms with Gasteiger partial charge in [-0.05, 0) is 11.4 Å². The molecule has 0 aromatic carbocycles. The van der Waals surface area contributed by atoms with Gasteiger partial charge in [0.15, 0.2) is 0 Å². The predicted octanol–water partition coefficient (Wildman–Crippen LogP) is 2.24. The molecule has 0 bridgehead atoms. The highest BCUT2D eigenvalue weighted by Crippen LogP contribution is 2.32. The molecule has 2 heterocycles. The Morgan fingerprint density at radius 2 is 2.25 bits per heavy atom. The zero-order valence-electron chi connectivity index (χ0n) is 5.94. The van der Waals surface area contributed by atoms with Crippen LogP contribution in [0.3, 0.4) is 0 Å². The lowest BCUT2D eigenvalue weighted by molar-refractivity contribution is 0.677. The molecule has 0 spiro atoms. The summed E-state index contributed by atoms with van der Waals surface area (Å²) in [5, 5.41) is 8.85. The number of rotatable bonds is 1. The lowest BCUT2D eigenvalue weighted by Gasteiger charge is -1.94. The van der Waals surface area contributed by atoms with E-state index in [1.807, 2.05) is 11.4 Å². The van der Waals surface area contributed by atoms with Crippen LogP contribution in [0.15, 0.2) is 21.7 Å². The zero-order chi connectivity index (χ0) is 8.77. The van der Waals surface area contributed by atoms with Crippen molar-refractivity contribution in [3.05, 3.63) is 16.8 Å². The van der Waals surface area contributed by atoms with Crippen LogP contribution in [-0.2, 0) is 9.92 Å². The quantitative estimate of drug-likeness (QED) is 0.757.